The number of aliphatic imine (C=N–C) groups is 3. The number of carbonyl (C=O) groups is 3. The summed E-state index contributed by atoms with van der Waals surface area (Å²) < 4.78 is 25.7. The average Bonchev–Trinajstić information content (AvgIpc) is 1.63. The number of rotatable bonds is 0. The molecule has 3 unspecified atom stereocenters. The molecule has 16 rings (SSSR count). The monoisotopic (exact) mass is 1190 g/mol. The normalized spacial score (nSPS) is 25.4. The molecule has 7 heterocycles. The van der Waals surface area contributed by atoms with E-state index in [4.69, 9.17) is 39.7 Å². The van der Waals surface area contributed by atoms with Gasteiger partial charge in [0.25, 0.3) is 17.7 Å². The van der Waals surface area contributed by atoms with E-state index in [0.29, 0.717) is 0 Å². The second kappa shape index (κ2) is 21.2. The Labute approximate surface area is 500 Å². The van der Waals surface area contributed by atoms with Gasteiger partial charge in [0.2, 0.25) is 16.6 Å². The average molecular weight is 1190 g/mol. The standard InChI is InChI=1S/C22H21BrN2O2.C22H22N2O2.C21H21N3O2.C4H8O/c1-14-24-22(20(26)25(14)2)18-13-17(23)7-8-19(18)27-21(22)11-9-15-5-3-4-6-16(15)10-12-21;1-15-23-22(20(25)24(15)2)18-9-5-6-10-19(18)26-21(22)13-11-16-7-3-4-8-17(16)12-14-21;1-24-18(25)21(23-19(24)22)16-8-4-5-9-17(16)26-20(21)12-10-14-6-2-3-7-15(14)11-13-20;1-2-4-5-3-1/h3-8,13H,9-12H2,1-2H3;3-10H,11-14H2,1-2H3;2-9H,10-13H2,1H3,(H2,22,23);1-4H2. The molecule has 6 aromatic rings. The van der Waals surface area contributed by atoms with Crippen LogP contribution in [0.3, 0.4) is 0 Å². The summed E-state index contributed by atoms with van der Waals surface area (Å²) in [4.78, 5) is 60.0. The van der Waals surface area contributed by atoms with Crippen molar-refractivity contribution < 1.29 is 33.3 Å². The van der Waals surface area contributed by atoms with Crippen LogP contribution in [0.4, 0.5) is 0 Å². The van der Waals surface area contributed by atoms with Gasteiger partial charge in [-0.1, -0.05) is 125 Å². The Balaban J connectivity index is 0.000000113. The van der Waals surface area contributed by atoms with Gasteiger partial charge in [-0.15, -0.1) is 0 Å². The van der Waals surface area contributed by atoms with Crippen LogP contribution in [0.15, 0.2) is 159 Å². The quantitative estimate of drug-likeness (QED) is 0.157. The van der Waals surface area contributed by atoms with Crippen molar-refractivity contribution in [1.29, 1.82) is 0 Å². The lowest BCUT2D eigenvalue weighted by Gasteiger charge is -2.38. The summed E-state index contributed by atoms with van der Waals surface area (Å²) in [6.07, 6.45) is 12.4. The first-order valence-corrected chi connectivity index (χ1v) is 30.6. The number of nitrogens with two attached hydrogens (primary N) is 1. The molecule has 0 aromatic heterocycles. The van der Waals surface area contributed by atoms with Crippen molar-refractivity contribution >= 4 is 51.3 Å². The van der Waals surface area contributed by atoms with Crippen molar-refractivity contribution in [2.24, 2.45) is 20.7 Å². The van der Waals surface area contributed by atoms with E-state index in [9.17, 15) is 14.4 Å². The molecule has 6 spiro atoms. The fourth-order valence-electron chi connectivity index (χ4n) is 15.2. The van der Waals surface area contributed by atoms with Crippen LogP contribution < -0.4 is 19.9 Å². The van der Waals surface area contributed by atoms with Gasteiger partial charge in [-0.05, 0) is 167 Å². The largest absolute Gasteiger partial charge is 0.483 e. The van der Waals surface area contributed by atoms with E-state index in [-0.39, 0.29) is 23.7 Å². The van der Waals surface area contributed by atoms with Crippen LogP contribution in [0.25, 0.3) is 0 Å². The van der Waals surface area contributed by atoms with Crippen LogP contribution in [0.1, 0.15) is 115 Å². The van der Waals surface area contributed by atoms with Gasteiger partial charge in [0.1, 0.15) is 45.7 Å². The Kier molecular flexibility index (Phi) is 14.0. The van der Waals surface area contributed by atoms with E-state index in [2.05, 4.69) is 88.7 Å². The summed E-state index contributed by atoms with van der Waals surface area (Å²) in [6, 6.07) is 47.2. The molecular weight excluding hydrogens is 1120 g/mol. The highest BCUT2D eigenvalue weighted by atomic mass is 79.9. The van der Waals surface area contributed by atoms with Crippen LogP contribution in [-0.4, -0.2) is 101 Å². The number of hydrogen-bond acceptors (Lipinski definition) is 11. The van der Waals surface area contributed by atoms with Gasteiger partial charge in [0, 0.05) is 55.5 Å². The lowest BCUT2D eigenvalue weighted by atomic mass is 9.72. The van der Waals surface area contributed by atoms with Crippen LogP contribution in [0.5, 0.6) is 17.2 Å². The number of likely N-dealkylation sites (N-methyl/N-ethyl adjacent to an activating group) is 3. The molecule has 3 aliphatic carbocycles. The molecule has 0 saturated carbocycles. The number of benzene rings is 6. The van der Waals surface area contributed by atoms with E-state index in [0.717, 1.165) is 140 Å². The molecule has 7 aliphatic heterocycles. The van der Waals surface area contributed by atoms with Crippen LogP contribution in [0.2, 0.25) is 0 Å². The van der Waals surface area contributed by atoms with Crippen LogP contribution in [0, 0.1) is 0 Å². The molecule has 2 N–H and O–H groups in total. The molecule has 432 valence electrons. The number of hydrogen-bond donors (Lipinski definition) is 1. The van der Waals surface area contributed by atoms with Crippen LogP contribution in [-0.2, 0) is 74.3 Å². The van der Waals surface area contributed by atoms with E-state index >= 15 is 0 Å². The van der Waals surface area contributed by atoms with E-state index in [1.165, 1.54) is 51.1 Å². The Morgan fingerprint density at radius 3 is 1.07 bits per heavy atom. The number of para-hydroxylation sites is 2. The van der Waals surface area contributed by atoms with Gasteiger partial charge in [0.15, 0.2) is 5.96 Å². The highest BCUT2D eigenvalue weighted by molar-refractivity contribution is 9.10. The summed E-state index contributed by atoms with van der Waals surface area (Å²) in [6.45, 7) is 5.81. The minimum Gasteiger partial charge on any atom is -0.483 e. The maximum atomic E-state index is 13.6. The summed E-state index contributed by atoms with van der Waals surface area (Å²) in [5, 5.41) is 0. The molecule has 1 saturated heterocycles. The Morgan fingerprint density at radius 1 is 0.429 bits per heavy atom. The van der Waals surface area contributed by atoms with Crippen molar-refractivity contribution in [2.45, 2.75) is 137 Å². The van der Waals surface area contributed by atoms with Gasteiger partial charge < -0.3 is 34.5 Å². The number of guanidine groups is 1. The van der Waals surface area contributed by atoms with Crippen molar-refractivity contribution in [3.05, 3.63) is 194 Å². The first-order chi connectivity index (χ1) is 40.6. The summed E-state index contributed by atoms with van der Waals surface area (Å²) in [7, 11) is 5.32. The Morgan fingerprint density at radius 2 is 0.750 bits per heavy atom. The minimum absolute atomic E-state index is 0.0165. The molecule has 15 heteroatoms. The van der Waals surface area contributed by atoms with Gasteiger partial charge in [-0.2, -0.15) is 0 Å². The third kappa shape index (κ3) is 8.40. The second-order valence-electron chi connectivity index (χ2n) is 24.1. The lowest BCUT2D eigenvalue weighted by Crippen LogP contribution is -2.56. The first-order valence-electron chi connectivity index (χ1n) is 29.8. The number of ether oxygens (including phenoxy) is 4. The zero-order chi connectivity index (χ0) is 58.2. The fourth-order valence-corrected chi connectivity index (χ4v) is 15.5. The molecule has 3 atom stereocenters. The number of halogens is 1. The molecule has 3 amide bonds. The smallest absolute Gasteiger partial charge is 0.266 e. The fraction of sp³-hybridized carbons (Fsp3) is 0.391. The van der Waals surface area contributed by atoms with Crippen molar-refractivity contribution in [3.63, 3.8) is 0 Å². The zero-order valence-electron chi connectivity index (χ0n) is 48.6. The molecular formula is C69H72BrN7O7. The van der Waals surface area contributed by atoms with Crippen molar-refractivity contribution in [3.8, 4) is 17.2 Å². The minimum atomic E-state index is -1.08. The summed E-state index contributed by atoms with van der Waals surface area (Å²) >= 11 is 3.57. The predicted molar refractivity (Wildman–Crippen MR) is 328 cm³/mol. The molecule has 0 radical (unpaired) electrons. The summed E-state index contributed by atoms with van der Waals surface area (Å²) in [5.41, 5.74) is 11.8. The molecule has 14 nitrogen and oxygen atoms in total. The maximum Gasteiger partial charge on any atom is 0.266 e. The van der Waals surface area contributed by atoms with E-state index in [1.807, 2.05) is 94.7 Å². The maximum absolute atomic E-state index is 13.6. The number of fused-ring (bicyclic) bond motifs is 12. The number of aryl methyl sites for hydroxylation is 6. The molecule has 84 heavy (non-hydrogen) atoms. The Bertz CT molecular complexity index is 3500. The first kappa shape index (κ1) is 55.6. The number of nitrogens with zero attached hydrogens (tertiary/aromatic N) is 6. The van der Waals surface area contributed by atoms with Gasteiger partial charge in [-0.25, -0.2) is 15.0 Å². The summed E-state index contributed by atoms with van der Waals surface area (Å²) in [5.74, 6) is 4.06. The Hall–Kier alpha value is -7.62. The zero-order valence-corrected chi connectivity index (χ0v) is 50.2. The van der Waals surface area contributed by atoms with Gasteiger partial charge >= 0.3 is 0 Å². The second-order valence-corrected chi connectivity index (χ2v) is 25.0. The van der Waals surface area contributed by atoms with Gasteiger partial charge in [-0.3, -0.25) is 19.3 Å². The highest BCUT2D eigenvalue weighted by Gasteiger charge is 2.71. The molecule has 10 aliphatic rings. The highest BCUT2D eigenvalue weighted by Crippen LogP contribution is 2.61. The lowest BCUT2D eigenvalue weighted by molar-refractivity contribution is -0.138. The SMILES string of the molecule is C1CCOC1.CC1=NC2(C(=O)N1C)c1cc(Br)ccc1OC21CCc2ccccc2CC1.CC1=NC2(C(=O)N1C)c1ccccc1OC21CCc2ccccc2CC1.CN1C(=O)C2(N=C1N)c1ccccc1OC21CCc2ccccc2CC1. The van der Waals surface area contributed by atoms with Crippen LogP contribution >= 0.6 is 15.9 Å². The van der Waals surface area contributed by atoms with E-state index in [1.54, 1.807) is 16.8 Å². The molecule has 0 bridgehead atoms. The number of carbonyl (C=O) groups excluding carboxylic acids is 3. The molecule has 6 aromatic carbocycles. The number of amides is 3. The van der Waals surface area contributed by atoms with Crippen molar-refractivity contribution in [1.82, 2.24) is 14.7 Å². The topological polar surface area (TPSA) is 161 Å². The van der Waals surface area contributed by atoms with Gasteiger partial charge in [0.05, 0.1) is 0 Å². The third-order valence-electron chi connectivity index (χ3n) is 19.8. The molecule has 1 fully saturated rings. The third-order valence-corrected chi connectivity index (χ3v) is 20.3. The predicted octanol–water partition coefficient (Wildman–Crippen LogP) is 10.9. The van der Waals surface area contributed by atoms with E-state index < -0.39 is 33.4 Å². The van der Waals surface area contributed by atoms with Crippen molar-refractivity contribution in [2.75, 3.05) is 34.4 Å². The number of amidine groups is 2.